The first-order valence-electron chi connectivity index (χ1n) is 6.45. The minimum absolute atomic E-state index is 0.141. The Hall–Kier alpha value is -2.44. The van der Waals surface area contributed by atoms with Gasteiger partial charge in [-0.15, -0.1) is 0 Å². The van der Waals surface area contributed by atoms with Gasteiger partial charge in [-0.1, -0.05) is 12.1 Å². The summed E-state index contributed by atoms with van der Waals surface area (Å²) in [6.45, 7) is 2.44. The number of amides is 1. The first-order chi connectivity index (χ1) is 9.72. The predicted molar refractivity (Wildman–Crippen MR) is 73.5 cm³/mol. The van der Waals surface area contributed by atoms with Gasteiger partial charge < -0.3 is 15.2 Å². The zero-order chi connectivity index (χ0) is 14.4. The van der Waals surface area contributed by atoms with Crippen molar-refractivity contribution in [2.45, 2.75) is 19.8 Å². The van der Waals surface area contributed by atoms with Crippen LogP contribution in [0, 0.1) is 0 Å². The first-order valence-corrected chi connectivity index (χ1v) is 6.45. The molecule has 0 aliphatic carbocycles. The van der Waals surface area contributed by atoms with Gasteiger partial charge in [-0.05, 0) is 18.6 Å². The molecule has 0 aromatic carbocycles. The number of nitrogens with zero attached hydrogens (tertiary/aromatic N) is 3. The zero-order valence-electron chi connectivity index (χ0n) is 11.5. The molecule has 2 N–H and O–H groups in total. The van der Waals surface area contributed by atoms with Crippen molar-refractivity contribution in [1.82, 2.24) is 20.4 Å². The van der Waals surface area contributed by atoms with Crippen molar-refractivity contribution in [2.75, 3.05) is 18.9 Å². The van der Waals surface area contributed by atoms with Crippen LogP contribution in [-0.2, 0) is 12.8 Å². The van der Waals surface area contributed by atoms with E-state index < -0.39 is 0 Å². The SMILES string of the molecule is CCc1cc(C(=O)NCCc2ncno2)cc(NC)n1. The van der Waals surface area contributed by atoms with Crippen LogP contribution in [0.4, 0.5) is 5.82 Å². The number of pyridine rings is 1. The van der Waals surface area contributed by atoms with Gasteiger partial charge in [-0.2, -0.15) is 4.98 Å². The van der Waals surface area contributed by atoms with Crippen LogP contribution >= 0.6 is 0 Å². The largest absolute Gasteiger partial charge is 0.373 e. The number of nitrogens with one attached hydrogen (secondary N) is 2. The van der Waals surface area contributed by atoms with Gasteiger partial charge in [0.2, 0.25) is 5.89 Å². The van der Waals surface area contributed by atoms with Crippen LogP contribution in [0.25, 0.3) is 0 Å². The average molecular weight is 275 g/mol. The summed E-state index contributed by atoms with van der Waals surface area (Å²) in [5, 5.41) is 9.28. The predicted octanol–water partition coefficient (Wildman–Crippen LogP) is 1.04. The molecule has 7 heteroatoms. The Bertz CT molecular complexity index is 546. The lowest BCUT2D eigenvalue weighted by Gasteiger charge is -2.08. The number of carbonyl (C=O) groups excluding carboxylic acids is 1. The van der Waals surface area contributed by atoms with Gasteiger partial charge in [0, 0.05) is 31.3 Å². The molecule has 1 amide bonds. The van der Waals surface area contributed by atoms with E-state index in [1.54, 1.807) is 19.2 Å². The second-order valence-corrected chi connectivity index (χ2v) is 4.18. The smallest absolute Gasteiger partial charge is 0.251 e. The number of carbonyl (C=O) groups is 1. The van der Waals surface area contributed by atoms with E-state index in [1.165, 1.54) is 6.33 Å². The van der Waals surface area contributed by atoms with Crippen LogP contribution in [0.3, 0.4) is 0 Å². The van der Waals surface area contributed by atoms with Crippen LogP contribution < -0.4 is 10.6 Å². The van der Waals surface area contributed by atoms with E-state index in [0.717, 1.165) is 12.1 Å². The van der Waals surface area contributed by atoms with Crippen LogP contribution in [-0.4, -0.2) is 34.6 Å². The third-order valence-corrected chi connectivity index (χ3v) is 2.79. The van der Waals surface area contributed by atoms with E-state index in [2.05, 4.69) is 25.8 Å². The summed E-state index contributed by atoms with van der Waals surface area (Å²) in [7, 11) is 1.78. The van der Waals surface area contributed by atoms with Crippen LogP contribution in [0.1, 0.15) is 28.9 Å². The van der Waals surface area contributed by atoms with E-state index in [9.17, 15) is 4.79 Å². The molecule has 0 fully saturated rings. The van der Waals surface area contributed by atoms with E-state index in [0.29, 0.717) is 30.2 Å². The maximum Gasteiger partial charge on any atom is 0.251 e. The molecule has 2 rings (SSSR count). The Labute approximate surface area is 116 Å². The van der Waals surface area contributed by atoms with Crippen molar-refractivity contribution in [2.24, 2.45) is 0 Å². The summed E-state index contributed by atoms with van der Waals surface area (Å²) < 4.78 is 4.86. The molecule has 0 aliphatic heterocycles. The zero-order valence-corrected chi connectivity index (χ0v) is 11.5. The number of hydrogen-bond acceptors (Lipinski definition) is 6. The fourth-order valence-corrected chi connectivity index (χ4v) is 1.72. The molecule has 0 bridgehead atoms. The number of aryl methyl sites for hydroxylation is 1. The maximum absolute atomic E-state index is 12.1. The molecule has 106 valence electrons. The second-order valence-electron chi connectivity index (χ2n) is 4.18. The lowest BCUT2D eigenvalue weighted by molar-refractivity contribution is 0.0953. The fraction of sp³-hybridized carbons (Fsp3) is 0.385. The molecule has 0 radical (unpaired) electrons. The molecule has 0 atom stereocenters. The van der Waals surface area contributed by atoms with Gasteiger partial charge in [0.25, 0.3) is 5.91 Å². The first kappa shape index (κ1) is 14.0. The summed E-state index contributed by atoms with van der Waals surface area (Å²) >= 11 is 0. The molecular weight excluding hydrogens is 258 g/mol. The highest BCUT2D eigenvalue weighted by molar-refractivity contribution is 5.95. The topological polar surface area (TPSA) is 92.9 Å². The molecule has 20 heavy (non-hydrogen) atoms. The Kier molecular flexibility index (Phi) is 4.65. The summed E-state index contributed by atoms with van der Waals surface area (Å²) in [5.41, 5.74) is 1.46. The molecule has 0 saturated carbocycles. The van der Waals surface area contributed by atoms with Crippen molar-refractivity contribution in [3.05, 3.63) is 35.6 Å². The Morgan fingerprint density at radius 1 is 1.40 bits per heavy atom. The van der Waals surface area contributed by atoms with Gasteiger partial charge in [0.1, 0.15) is 5.82 Å². The number of rotatable bonds is 6. The molecule has 0 unspecified atom stereocenters. The molecule has 7 nitrogen and oxygen atoms in total. The van der Waals surface area contributed by atoms with E-state index in [4.69, 9.17) is 4.52 Å². The van der Waals surface area contributed by atoms with Crippen molar-refractivity contribution in [3.8, 4) is 0 Å². The lowest BCUT2D eigenvalue weighted by Crippen LogP contribution is -2.26. The highest BCUT2D eigenvalue weighted by Crippen LogP contribution is 2.10. The summed E-state index contributed by atoms with van der Waals surface area (Å²) in [4.78, 5) is 20.3. The third-order valence-electron chi connectivity index (χ3n) is 2.79. The molecular formula is C13H17N5O2. The van der Waals surface area contributed by atoms with Gasteiger partial charge in [0.15, 0.2) is 6.33 Å². The summed E-state index contributed by atoms with van der Waals surface area (Å²) in [6, 6.07) is 3.52. The van der Waals surface area contributed by atoms with Crippen LogP contribution in [0.2, 0.25) is 0 Å². The van der Waals surface area contributed by atoms with Gasteiger partial charge >= 0.3 is 0 Å². The quantitative estimate of drug-likeness (QED) is 0.818. The second kappa shape index (κ2) is 6.65. The summed E-state index contributed by atoms with van der Waals surface area (Å²) in [5.74, 6) is 1.05. The Morgan fingerprint density at radius 3 is 2.90 bits per heavy atom. The van der Waals surface area contributed by atoms with Gasteiger partial charge in [-0.25, -0.2) is 4.98 Å². The van der Waals surface area contributed by atoms with Crippen molar-refractivity contribution in [3.63, 3.8) is 0 Å². The Morgan fingerprint density at radius 2 is 2.25 bits per heavy atom. The average Bonchev–Trinajstić information content (AvgIpc) is 2.99. The molecule has 0 aliphatic rings. The van der Waals surface area contributed by atoms with E-state index in [-0.39, 0.29) is 5.91 Å². The van der Waals surface area contributed by atoms with Crippen molar-refractivity contribution in [1.29, 1.82) is 0 Å². The standard InChI is InChI=1S/C13H17N5O2/c1-3-10-6-9(7-11(14-2)18-10)13(19)15-5-4-12-16-8-17-20-12/h6-8H,3-5H2,1-2H3,(H,14,18)(H,15,19). The van der Waals surface area contributed by atoms with Crippen LogP contribution in [0.5, 0.6) is 0 Å². The minimum Gasteiger partial charge on any atom is -0.373 e. The lowest BCUT2D eigenvalue weighted by atomic mass is 10.2. The van der Waals surface area contributed by atoms with E-state index >= 15 is 0 Å². The Balaban J connectivity index is 1.97. The van der Waals surface area contributed by atoms with Crippen LogP contribution in [0.15, 0.2) is 23.0 Å². The van der Waals surface area contributed by atoms with Crippen molar-refractivity contribution >= 4 is 11.7 Å². The fourth-order valence-electron chi connectivity index (χ4n) is 1.72. The van der Waals surface area contributed by atoms with Crippen molar-refractivity contribution < 1.29 is 9.32 Å². The molecule has 0 spiro atoms. The normalized spacial score (nSPS) is 10.3. The maximum atomic E-state index is 12.1. The highest BCUT2D eigenvalue weighted by atomic mass is 16.5. The van der Waals surface area contributed by atoms with E-state index in [1.807, 2.05) is 6.92 Å². The molecule has 0 saturated heterocycles. The van der Waals surface area contributed by atoms with Gasteiger partial charge in [0.05, 0.1) is 0 Å². The monoisotopic (exact) mass is 275 g/mol. The molecule has 2 aromatic rings. The number of aromatic nitrogens is 3. The molecule has 2 aromatic heterocycles. The number of hydrogen-bond donors (Lipinski definition) is 2. The third kappa shape index (κ3) is 3.53. The highest BCUT2D eigenvalue weighted by Gasteiger charge is 2.09. The molecule has 2 heterocycles. The number of anilines is 1. The summed E-state index contributed by atoms with van der Waals surface area (Å²) in [6.07, 6.45) is 2.63. The minimum atomic E-state index is -0.141. The van der Waals surface area contributed by atoms with Gasteiger partial charge in [-0.3, -0.25) is 4.79 Å².